The first kappa shape index (κ1) is 20.5. The third kappa shape index (κ3) is 4.99. The van der Waals surface area contributed by atoms with Crippen molar-refractivity contribution in [3.8, 4) is 0 Å². The standard InChI is InChI=1S/C19H19ClF2N2O3S/c1-28(26,27)23-15-5-6-16(20)18(10-15)24-11-12(2-7-19(24)25)8-13-3-4-14(21)9-17(13)22/h3-6,9-10,12,23H,2,7-8,11H2,1H3. The third-order valence-corrected chi connectivity index (χ3v) is 5.50. The summed E-state index contributed by atoms with van der Waals surface area (Å²) in [7, 11) is -3.48. The first-order chi connectivity index (χ1) is 13.1. The summed E-state index contributed by atoms with van der Waals surface area (Å²) in [6.45, 7) is 0.303. The molecule has 5 nitrogen and oxygen atoms in total. The van der Waals surface area contributed by atoms with E-state index in [2.05, 4.69) is 4.72 Å². The van der Waals surface area contributed by atoms with E-state index in [-0.39, 0.29) is 18.2 Å². The lowest BCUT2D eigenvalue weighted by atomic mass is 9.90. The van der Waals surface area contributed by atoms with Gasteiger partial charge in [0.1, 0.15) is 11.6 Å². The van der Waals surface area contributed by atoms with Gasteiger partial charge in [0.15, 0.2) is 0 Å². The summed E-state index contributed by atoms with van der Waals surface area (Å²) in [5, 5.41) is 0.306. The fraction of sp³-hybridized carbons (Fsp3) is 0.316. The van der Waals surface area contributed by atoms with Crippen molar-refractivity contribution in [1.29, 1.82) is 0 Å². The number of hydrogen-bond donors (Lipinski definition) is 1. The molecule has 0 aliphatic carbocycles. The Balaban J connectivity index is 1.83. The Morgan fingerprint density at radius 2 is 1.96 bits per heavy atom. The molecule has 150 valence electrons. The Morgan fingerprint density at radius 1 is 1.21 bits per heavy atom. The number of halogens is 3. The molecular formula is C19H19ClF2N2O3S. The van der Waals surface area contributed by atoms with Gasteiger partial charge in [0.2, 0.25) is 15.9 Å². The zero-order chi connectivity index (χ0) is 20.5. The summed E-state index contributed by atoms with van der Waals surface area (Å²) in [6, 6.07) is 7.99. The van der Waals surface area contributed by atoms with Crippen molar-refractivity contribution in [3.63, 3.8) is 0 Å². The van der Waals surface area contributed by atoms with Gasteiger partial charge < -0.3 is 4.90 Å². The lowest BCUT2D eigenvalue weighted by Gasteiger charge is -2.33. The zero-order valence-corrected chi connectivity index (χ0v) is 16.7. The number of hydrogen-bond acceptors (Lipinski definition) is 3. The molecule has 1 unspecified atom stereocenters. The fourth-order valence-corrected chi connectivity index (χ4v) is 4.08. The molecule has 0 bridgehead atoms. The maximum atomic E-state index is 14.0. The van der Waals surface area contributed by atoms with Gasteiger partial charge in [-0.15, -0.1) is 0 Å². The van der Waals surface area contributed by atoms with Crippen LogP contribution in [0.5, 0.6) is 0 Å². The number of benzene rings is 2. The van der Waals surface area contributed by atoms with Crippen LogP contribution in [0.2, 0.25) is 5.02 Å². The van der Waals surface area contributed by atoms with E-state index in [1.807, 2.05) is 0 Å². The quantitative estimate of drug-likeness (QED) is 0.783. The molecule has 2 aromatic rings. The maximum Gasteiger partial charge on any atom is 0.229 e. The van der Waals surface area contributed by atoms with Crippen molar-refractivity contribution in [1.82, 2.24) is 0 Å². The average molecular weight is 429 g/mol. The fourth-order valence-electron chi connectivity index (χ4n) is 3.31. The van der Waals surface area contributed by atoms with Crippen LogP contribution in [0.3, 0.4) is 0 Å². The van der Waals surface area contributed by atoms with E-state index in [1.54, 1.807) is 0 Å². The Bertz CT molecular complexity index is 1010. The second-order valence-corrected chi connectivity index (χ2v) is 9.04. The van der Waals surface area contributed by atoms with E-state index in [0.717, 1.165) is 12.3 Å². The van der Waals surface area contributed by atoms with Crippen molar-refractivity contribution >= 4 is 38.9 Å². The van der Waals surface area contributed by atoms with Crippen molar-refractivity contribution in [2.24, 2.45) is 5.92 Å². The molecule has 0 saturated carbocycles. The average Bonchev–Trinajstić information content (AvgIpc) is 2.59. The van der Waals surface area contributed by atoms with Gasteiger partial charge in [-0.3, -0.25) is 9.52 Å². The van der Waals surface area contributed by atoms with Crippen LogP contribution in [0.15, 0.2) is 36.4 Å². The highest BCUT2D eigenvalue weighted by Crippen LogP contribution is 2.34. The number of rotatable bonds is 5. The summed E-state index contributed by atoms with van der Waals surface area (Å²) in [5.41, 5.74) is 1.07. The van der Waals surface area contributed by atoms with Gasteiger partial charge in [0, 0.05) is 19.0 Å². The van der Waals surface area contributed by atoms with E-state index in [1.165, 1.54) is 35.2 Å². The SMILES string of the molecule is CS(=O)(=O)Nc1ccc(Cl)c(N2CC(Cc3ccc(F)cc3F)CCC2=O)c1. The van der Waals surface area contributed by atoms with Crippen LogP contribution in [0.25, 0.3) is 0 Å². The van der Waals surface area contributed by atoms with Gasteiger partial charge >= 0.3 is 0 Å². The van der Waals surface area contributed by atoms with E-state index in [4.69, 9.17) is 11.6 Å². The normalized spacial score (nSPS) is 17.6. The van der Waals surface area contributed by atoms with Crippen LogP contribution in [0.4, 0.5) is 20.2 Å². The number of sulfonamides is 1. The van der Waals surface area contributed by atoms with Gasteiger partial charge in [0.25, 0.3) is 0 Å². The lowest BCUT2D eigenvalue weighted by Crippen LogP contribution is -2.41. The van der Waals surface area contributed by atoms with Crippen LogP contribution >= 0.6 is 11.6 Å². The van der Waals surface area contributed by atoms with Gasteiger partial charge in [-0.1, -0.05) is 17.7 Å². The highest BCUT2D eigenvalue weighted by atomic mass is 35.5. The molecule has 1 amide bonds. The monoisotopic (exact) mass is 428 g/mol. The molecule has 9 heteroatoms. The molecule has 0 radical (unpaired) electrons. The molecule has 1 saturated heterocycles. The summed E-state index contributed by atoms with van der Waals surface area (Å²) in [6.07, 6.45) is 2.22. The predicted molar refractivity (Wildman–Crippen MR) is 105 cm³/mol. The van der Waals surface area contributed by atoms with Gasteiger partial charge in [-0.2, -0.15) is 0 Å². The van der Waals surface area contributed by atoms with Gasteiger partial charge in [-0.05, 0) is 48.6 Å². The van der Waals surface area contributed by atoms with Crippen molar-refractivity contribution in [2.75, 3.05) is 22.4 Å². The number of nitrogens with zero attached hydrogens (tertiary/aromatic N) is 1. The summed E-state index contributed by atoms with van der Waals surface area (Å²) >= 11 is 6.24. The molecule has 0 spiro atoms. The molecule has 2 aromatic carbocycles. The highest BCUT2D eigenvalue weighted by molar-refractivity contribution is 7.92. The summed E-state index contributed by atoms with van der Waals surface area (Å²) in [4.78, 5) is 13.9. The van der Waals surface area contributed by atoms with E-state index in [0.29, 0.717) is 41.3 Å². The number of nitrogens with one attached hydrogen (secondary N) is 1. The highest BCUT2D eigenvalue weighted by Gasteiger charge is 2.29. The van der Waals surface area contributed by atoms with Gasteiger partial charge in [0.05, 0.1) is 22.7 Å². The summed E-state index contributed by atoms with van der Waals surface area (Å²) in [5.74, 6) is -1.43. The minimum atomic E-state index is -3.48. The number of amides is 1. The van der Waals surface area contributed by atoms with Crippen LogP contribution in [0, 0.1) is 17.6 Å². The van der Waals surface area contributed by atoms with Crippen LogP contribution in [-0.2, 0) is 21.2 Å². The topological polar surface area (TPSA) is 66.5 Å². The van der Waals surface area contributed by atoms with Crippen molar-refractivity contribution in [3.05, 3.63) is 58.6 Å². The number of carbonyl (C=O) groups excluding carboxylic acids is 1. The first-order valence-corrected chi connectivity index (χ1v) is 10.9. The molecule has 1 N–H and O–H groups in total. The molecule has 1 heterocycles. The summed E-state index contributed by atoms with van der Waals surface area (Å²) < 4.78 is 52.4. The second kappa shape index (κ2) is 8.05. The Morgan fingerprint density at radius 3 is 2.64 bits per heavy atom. The Hall–Kier alpha value is -2.19. The molecule has 1 aliphatic heterocycles. The minimum Gasteiger partial charge on any atom is -0.311 e. The van der Waals surface area contributed by atoms with Gasteiger partial charge in [-0.25, -0.2) is 17.2 Å². The van der Waals surface area contributed by atoms with Crippen molar-refractivity contribution < 1.29 is 22.0 Å². The predicted octanol–water partition coefficient (Wildman–Crippen LogP) is 3.98. The first-order valence-electron chi connectivity index (χ1n) is 8.64. The second-order valence-electron chi connectivity index (χ2n) is 6.89. The minimum absolute atomic E-state index is 0.0414. The third-order valence-electron chi connectivity index (χ3n) is 4.57. The maximum absolute atomic E-state index is 14.0. The number of carbonyl (C=O) groups is 1. The van der Waals surface area contributed by atoms with Crippen LogP contribution < -0.4 is 9.62 Å². The Kier molecular flexibility index (Phi) is 5.90. The van der Waals surface area contributed by atoms with E-state index >= 15 is 0 Å². The number of piperidine rings is 1. The van der Waals surface area contributed by atoms with E-state index in [9.17, 15) is 22.0 Å². The van der Waals surface area contributed by atoms with Crippen molar-refractivity contribution in [2.45, 2.75) is 19.3 Å². The molecular weight excluding hydrogens is 410 g/mol. The van der Waals surface area contributed by atoms with E-state index < -0.39 is 21.7 Å². The van der Waals surface area contributed by atoms with Crippen LogP contribution in [-0.4, -0.2) is 27.1 Å². The zero-order valence-electron chi connectivity index (χ0n) is 15.1. The molecule has 3 rings (SSSR count). The number of anilines is 2. The molecule has 0 aromatic heterocycles. The molecule has 1 atom stereocenters. The Labute approximate surface area is 167 Å². The molecule has 28 heavy (non-hydrogen) atoms. The van der Waals surface area contributed by atoms with Crippen LogP contribution in [0.1, 0.15) is 18.4 Å². The molecule has 1 fully saturated rings. The lowest BCUT2D eigenvalue weighted by molar-refractivity contribution is -0.120. The smallest absolute Gasteiger partial charge is 0.229 e. The molecule has 1 aliphatic rings. The largest absolute Gasteiger partial charge is 0.311 e.